The van der Waals surface area contributed by atoms with E-state index < -0.39 is 17.6 Å². The predicted octanol–water partition coefficient (Wildman–Crippen LogP) is 4.03. The van der Waals surface area contributed by atoms with Gasteiger partial charge in [0, 0.05) is 11.6 Å². The van der Waals surface area contributed by atoms with Crippen LogP contribution in [-0.2, 0) is 6.18 Å². The highest BCUT2D eigenvalue weighted by atomic mass is 19.4. The van der Waals surface area contributed by atoms with E-state index in [1.54, 1.807) is 24.3 Å². The number of rotatable bonds is 3. The number of hydrogen-bond acceptors (Lipinski definition) is 3. The fourth-order valence-electron chi connectivity index (χ4n) is 3.00. The summed E-state index contributed by atoms with van der Waals surface area (Å²) in [6, 6.07) is 14.5. The van der Waals surface area contributed by atoms with Crippen molar-refractivity contribution in [1.82, 2.24) is 9.97 Å². The molecule has 0 fully saturated rings. The number of pyridine rings is 1. The Morgan fingerprint density at radius 3 is 2.55 bits per heavy atom. The Morgan fingerprint density at radius 1 is 1.03 bits per heavy atom. The zero-order valence-corrected chi connectivity index (χ0v) is 14.7. The number of hydrogen-bond donors (Lipinski definition) is 3. The number of para-hydroxylation sites is 1. The number of amides is 1. The van der Waals surface area contributed by atoms with E-state index in [2.05, 4.69) is 15.3 Å². The van der Waals surface area contributed by atoms with Gasteiger partial charge in [-0.15, -0.1) is 0 Å². The van der Waals surface area contributed by atoms with Crippen LogP contribution in [0.5, 0.6) is 0 Å². The number of imidazole rings is 1. The van der Waals surface area contributed by atoms with E-state index in [1.807, 2.05) is 0 Å². The Hall–Kier alpha value is -3.88. The van der Waals surface area contributed by atoms with E-state index in [1.165, 1.54) is 36.5 Å². The van der Waals surface area contributed by atoms with E-state index in [0.717, 1.165) is 10.8 Å². The Labute approximate surface area is 162 Å². The SMILES string of the molecule is O=C(Nc1cccc[n+]1O)c1cccc2[nH]c(-c3ccccc3C(F)(F)F)nc12. The largest absolute Gasteiger partial charge is 0.417 e. The summed E-state index contributed by atoms with van der Waals surface area (Å²) >= 11 is 0. The number of fused-ring (bicyclic) bond motifs is 1. The minimum absolute atomic E-state index is 0.00473. The van der Waals surface area contributed by atoms with Crippen LogP contribution < -0.4 is 10.0 Å². The number of carbonyl (C=O) groups excluding carboxylic acids is 1. The number of carbonyl (C=O) groups is 1. The molecule has 2 aromatic carbocycles. The molecule has 4 rings (SSSR count). The van der Waals surface area contributed by atoms with Crippen LogP contribution in [0.25, 0.3) is 22.4 Å². The molecule has 6 nitrogen and oxygen atoms in total. The molecule has 4 aromatic rings. The second kappa shape index (κ2) is 6.93. The molecule has 0 radical (unpaired) electrons. The van der Waals surface area contributed by atoms with Gasteiger partial charge >= 0.3 is 17.9 Å². The average molecular weight is 399 g/mol. The third kappa shape index (κ3) is 3.49. The molecule has 29 heavy (non-hydrogen) atoms. The normalized spacial score (nSPS) is 11.6. The summed E-state index contributed by atoms with van der Waals surface area (Å²) in [4.78, 5) is 19.8. The van der Waals surface area contributed by atoms with Gasteiger partial charge in [0.2, 0.25) is 0 Å². The molecule has 0 aliphatic heterocycles. The fourth-order valence-corrected chi connectivity index (χ4v) is 3.00. The molecule has 0 aliphatic rings. The lowest BCUT2D eigenvalue weighted by molar-refractivity contribution is -0.893. The van der Waals surface area contributed by atoms with Crippen molar-refractivity contribution in [2.24, 2.45) is 0 Å². The number of alkyl halides is 3. The first-order chi connectivity index (χ1) is 13.8. The molecular formula is C20H14F3N4O2+. The number of aromatic nitrogens is 3. The van der Waals surface area contributed by atoms with Crippen molar-refractivity contribution in [2.75, 3.05) is 5.32 Å². The zero-order valence-electron chi connectivity index (χ0n) is 14.7. The van der Waals surface area contributed by atoms with Gasteiger partial charge in [-0.3, -0.25) is 0 Å². The lowest BCUT2D eigenvalue weighted by atomic mass is 10.1. The highest BCUT2D eigenvalue weighted by Crippen LogP contribution is 2.36. The van der Waals surface area contributed by atoms with Crippen molar-refractivity contribution >= 4 is 22.8 Å². The van der Waals surface area contributed by atoms with Crippen molar-refractivity contribution in [3.05, 3.63) is 78.0 Å². The quantitative estimate of drug-likeness (QED) is 0.359. The van der Waals surface area contributed by atoms with Crippen LogP contribution in [0.3, 0.4) is 0 Å². The molecule has 3 N–H and O–H groups in total. The first kappa shape index (κ1) is 18.5. The maximum Gasteiger partial charge on any atom is 0.417 e. The first-order valence-corrected chi connectivity index (χ1v) is 8.51. The molecule has 2 aromatic heterocycles. The van der Waals surface area contributed by atoms with Crippen LogP contribution in [0.1, 0.15) is 15.9 Å². The summed E-state index contributed by atoms with van der Waals surface area (Å²) in [6.45, 7) is 0. The molecule has 1 amide bonds. The van der Waals surface area contributed by atoms with Crippen molar-refractivity contribution in [3.8, 4) is 11.4 Å². The minimum atomic E-state index is -4.54. The van der Waals surface area contributed by atoms with Gasteiger partial charge in [0.15, 0.2) is 0 Å². The van der Waals surface area contributed by atoms with E-state index in [0.29, 0.717) is 5.52 Å². The van der Waals surface area contributed by atoms with Gasteiger partial charge in [0.1, 0.15) is 17.5 Å². The van der Waals surface area contributed by atoms with Gasteiger partial charge < -0.3 is 10.2 Å². The van der Waals surface area contributed by atoms with Crippen LogP contribution >= 0.6 is 0 Å². The molecule has 0 spiro atoms. The number of anilines is 1. The summed E-state index contributed by atoms with van der Waals surface area (Å²) < 4.78 is 40.8. The predicted molar refractivity (Wildman–Crippen MR) is 98.3 cm³/mol. The Bertz CT molecular complexity index is 1220. The van der Waals surface area contributed by atoms with Gasteiger partial charge in [0.05, 0.1) is 16.6 Å². The van der Waals surface area contributed by atoms with Crippen LogP contribution in [0, 0.1) is 0 Å². The molecule has 0 atom stereocenters. The van der Waals surface area contributed by atoms with Crippen molar-refractivity contribution < 1.29 is 27.9 Å². The summed E-state index contributed by atoms with van der Waals surface area (Å²) in [6.07, 6.45) is -3.20. The monoisotopic (exact) mass is 399 g/mol. The van der Waals surface area contributed by atoms with Crippen LogP contribution in [0.2, 0.25) is 0 Å². The van der Waals surface area contributed by atoms with E-state index in [4.69, 9.17) is 0 Å². The molecule has 146 valence electrons. The van der Waals surface area contributed by atoms with Gasteiger partial charge in [-0.05, 0) is 24.3 Å². The second-order valence-electron chi connectivity index (χ2n) is 6.22. The number of nitrogens with zero attached hydrogens (tertiary/aromatic N) is 2. The Kier molecular flexibility index (Phi) is 4.42. The van der Waals surface area contributed by atoms with Crippen molar-refractivity contribution in [3.63, 3.8) is 0 Å². The van der Waals surface area contributed by atoms with Gasteiger partial charge in [0.25, 0.3) is 0 Å². The van der Waals surface area contributed by atoms with Gasteiger partial charge in [-0.1, -0.05) is 35.1 Å². The minimum Gasteiger partial charge on any atom is -0.350 e. The average Bonchev–Trinajstić information content (AvgIpc) is 3.13. The molecule has 0 saturated carbocycles. The Morgan fingerprint density at radius 2 is 1.79 bits per heavy atom. The number of nitrogens with one attached hydrogen (secondary N) is 2. The highest BCUT2D eigenvalue weighted by Gasteiger charge is 2.34. The Balaban J connectivity index is 1.78. The number of H-pyrrole nitrogens is 1. The summed E-state index contributed by atoms with van der Waals surface area (Å²) in [5.74, 6) is -0.426. The maximum absolute atomic E-state index is 13.3. The molecule has 0 bridgehead atoms. The van der Waals surface area contributed by atoms with E-state index in [9.17, 15) is 23.2 Å². The van der Waals surface area contributed by atoms with Gasteiger partial charge in [-0.2, -0.15) is 13.2 Å². The maximum atomic E-state index is 13.3. The summed E-state index contributed by atoms with van der Waals surface area (Å²) in [7, 11) is 0. The lowest BCUT2D eigenvalue weighted by Crippen LogP contribution is -2.35. The van der Waals surface area contributed by atoms with E-state index >= 15 is 0 Å². The highest BCUT2D eigenvalue weighted by molar-refractivity contribution is 6.11. The standard InChI is InChI=1S/C20H13F3N4O2/c21-20(22,23)14-8-2-1-6-12(14)18-24-15-9-5-7-13(17(15)26-18)19(28)25-16-10-3-4-11-27(16)29/h1-11,29H,(H,24,26,28)/p+1. The molecular weight excluding hydrogens is 385 g/mol. The number of benzene rings is 2. The number of halogens is 3. The third-order valence-corrected chi connectivity index (χ3v) is 4.33. The fraction of sp³-hybridized carbons (Fsp3) is 0.0500. The van der Waals surface area contributed by atoms with E-state index in [-0.39, 0.29) is 28.3 Å². The van der Waals surface area contributed by atoms with Crippen LogP contribution in [0.4, 0.5) is 19.0 Å². The second-order valence-corrected chi connectivity index (χ2v) is 6.22. The molecule has 9 heteroatoms. The molecule has 2 heterocycles. The van der Waals surface area contributed by atoms with Crippen molar-refractivity contribution in [2.45, 2.75) is 6.18 Å². The van der Waals surface area contributed by atoms with Crippen LogP contribution in [-0.4, -0.2) is 21.1 Å². The zero-order chi connectivity index (χ0) is 20.6. The third-order valence-electron chi connectivity index (χ3n) is 4.33. The summed E-state index contributed by atoms with van der Waals surface area (Å²) in [5.41, 5.74) is -0.153. The van der Waals surface area contributed by atoms with Crippen molar-refractivity contribution in [1.29, 1.82) is 0 Å². The molecule has 0 unspecified atom stereocenters. The van der Waals surface area contributed by atoms with Gasteiger partial charge in [-0.25, -0.2) is 15.1 Å². The lowest BCUT2D eigenvalue weighted by Gasteiger charge is -2.10. The summed E-state index contributed by atoms with van der Waals surface area (Å²) in [5, 5.41) is 12.3. The molecule has 0 aliphatic carbocycles. The smallest absolute Gasteiger partial charge is 0.350 e. The molecule has 0 saturated heterocycles. The first-order valence-electron chi connectivity index (χ1n) is 8.51. The number of aromatic amines is 1. The topological polar surface area (TPSA) is 81.9 Å². The van der Waals surface area contributed by atoms with Crippen LogP contribution in [0.15, 0.2) is 66.9 Å².